The highest BCUT2D eigenvalue weighted by Crippen LogP contribution is 2.30. The number of rotatable bonds is 4. The molecule has 0 aliphatic carbocycles. The summed E-state index contributed by atoms with van der Waals surface area (Å²) in [7, 11) is 0. The van der Waals surface area contributed by atoms with Gasteiger partial charge in [0.05, 0.1) is 10.6 Å². The third-order valence-electron chi connectivity index (χ3n) is 3.36. The number of anilines is 1. The van der Waals surface area contributed by atoms with Crippen molar-refractivity contribution in [3.8, 4) is 0 Å². The number of carbonyl (C=O) groups excluding carboxylic acids is 1. The molecule has 0 saturated carbocycles. The molecule has 0 heterocycles. The molecular weight excluding hydrogens is 472 g/mol. The van der Waals surface area contributed by atoms with Crippen LogP contribution in [-0.2, 0) is 0 Å². The first-order valence-corrected chi connectivity index (χ1v) is 9.83. The number of alkyl halides is 3. The fourth-order valence-corrected chi connectivity index (χ4v) is 3.07. The summed E-state index contributed by atoms with van der Waals surface area (Å²) in [6, 6.07) is 12.0. The predicted molar refractivity (Wildman–Crippen MR) is 119 cm³/mol. The fourth-order valence-electron chi connectivity index (χ4n) is 2.02. The van der Waals surface area contributed by atoms with Crippen LogP contribution in [0.2, 0.25) is 10.0 Å². The Bertz CT molecular complexity index is 839. The summed E-state index contributed by atoms with van der Waals surface area (Å²) >= 11 is 35.0. The number of nitrogens with one attached hydrogen (secondary N) is 3. The van der Waals surface area contributed by atoms with E-state index in [4.69, 9.17) is 70.2 Å². The average molecular weight is 486 g/mol. The first-order chi connectivity index (χ1) is 12.6. The molecule has 2 aromatic carbocycles. The Morgan fingerprint density at radius 1 is 1.04 bits per heavy atom. The van der Waals surface area contributed by atoms with Crippen molar-refractivity contribution in [1.82, 2.24) is 10.6 Å². The van der Waals surface area contributed by atoms with Crippen LogP contribution in [0.4, 0.5) is 5.69 Å². The van der Waals surface area contributed by atoms with E-state index in [2.05, 4.69) is 16.0 Å². The second-order valence-electron chi connectivity index (χ2n) is 5.54. The number of hydrogen-bond acceptors (Lipinski definition) is 2. The van der Waals surface area contributed by atoms with Gasteiger partial charge in [0.1, 0.15) is 6.17 Å². The summed E-state index contributed by atoms with van der Waals surface area (Å²) in [6.45, 7) is 1.97. The molecule has 0 spiro atoms. The lowest BCUT2D eigenvalue weighted by Crippen LogP contribution is -2.56. The molecule has 1 amide bonds. The Hall–Kier alpha value is -0.950. The molecule has 3 N–H and O–H groups in total. The monoisotopic (exact) mass is 483 g/mol. The minimum Gasteiger partial charge on any atom is -0.339 e. The molecule has 0 aliphatic heterocycles. The Labute approximate surface area is 187 Å². The molecule has 144 valence electrons. The lowest BCUT2D eigenvalue weighted by atomic mass is 10.2. The highest BCUT2D eigenvalue weighted by Gasteiger charge is 2.35. The predicted octanol–water partition coefficient (Wildman–Crippen LogP) is 5.71. The number of thiocarbonyl (C=S) groups is 1. The van der Waals surface area contributed by atoms with E-state index in [-0.39, 0.29) is 15.7 Å². The number of aryl methyl sites for hydroxylation is 1. The summed E-state index contributed by atoms with van der Waals surface area (Å²) in [5.41, 5.74) is 2.03. The van der Waals surface area contributed by atoms with Gasteiger partial charge in [-0.2, -0.15) is 0 Å². The van der Waals surface area contributed by atoms with Crippen molar-refractivity contribution in [2.45, 2.75) is 16.9 Å². The highest BCUT2D eigenvalue weighted by atomic mass is 35.6. The van der Waals surface area contributed by atoms with Crippen LogP contribution in [-0.4, -0.2) is 21.0 Å². The van der Waals surface area contributed by atoms with Crippen LogP contribution in [0.5, 0.6) is 0 Å². The van der Waals surface area contributed by atoms with Crippen molar-refractivity contribution in [3.05, 3.63) is 63.6 Å². The molecule has 0 fully saturated rings. The van der Waals surface area contributed by atoms with Crippen molar-refractivity contribution >= 4 is 86.9 Å². The minimum atomic E-state index is -1.88. The maximum atomic E-state index is 12.5. The van der Waals surface area contributed by atoms with Crippen LogP contribution in [0, 0.1) is 6.92 Å². The van der Waals surface area contributed by atoms with E-state index in [9.17, 15) is 4.79 Å². The molecule has 27 heavy (non-hydrogen) atoms. The van der Waals surface area contributed by atoms with Crippen LogP contribution in [0.3, 0.4) is 0 Å². The van der Waals surface area contributed by atoms with E-state index < -0.39 is 15.9 Å². The molecule has 1 unspecified atom stereocenters. The van der Waals surface area contributed by atoms with Gasteiger partial charge in [-0.3, -0.25) is 4.79 Å². The molecule has 4 nitrogen and oxygen atoms in total. The summed E-state index contributed by atoms with van der Waals surface area (Å²) < 4.78 is -1.88. The Morgan fingerprint density at radius 2 is 1.67 bits per heavy atom. The summed E-state index contributed by atoms with van der Waals surface area (Å²) in [4.78, 5) is 12.5. The van der Waals surface area contributed by atoms with Crippen molar-refractivity contribution in [2.75, 3.05) is 5.32 Å². The maximum Gasteiger partial charge on any atom is 0.254 e. The molecule has 0 aliphatic rings. The van der Waals surface area contributed by atoms with E-state index in [1.54, 1.807) is 0 Å². The molecule has 1 atom stereocenters. The Kier molecular flexibility index (Phi) is 7.86. The fraction of sp³-hybridized carbons (Fsp3) is 0.176. The van der Waals surface area contributed by atoms with E-state index in [0.29, 0.717) is 5.02 Å². The zero-order valence-corrected chi connectivity index (χ0v) is 18.4. The summed E-state index contributed by atoms with van der Waals surface area (Å²) in [5, 5.41) is 9.02. The van der Waals surface area contributed by atoms with Crippen LogP contribution in [0.25, 0.3) is 0 Å². The van der Waals surface area contributed by atoms with Crippen LogP contribution >= 0.6 is 70.2 Å². The van der Waals surface area contributed by atoms with E-state index in [1.165, 1.54) is 18.2 Å². The molecule has 0 radical (unpaired) electrons. The summed E-state index contributed by atoms with van der Waals surface area (Å²) in [6.07, 6.45) is -1.12. The van der Waals surface area contributed by atoms with Crippen molar-refractivity contribution in [1.29, 1.82) is 0 Å². The van der Waals surface area contributed by atoms with Gasteiger partial charge in [-0.1, -0.05) is 75.7 Å². The first-order valence-electron chi connectivity index (χ1n) is 7.53. The standard InChI is InChI=1S/C17H14Cl5N3OS/c1-9-2-5-11(6-3-9)23-16(27)25-15(17(20,21)22)24-14(26)12-7-4-10(18)8-13(12)19/h2-8,15H,1H3,(H,24,26)(H2,23,25,27). The van der Waals surface area contributed by atoms with Gasteiger partial charge in [0.15, 0.2) is 5.11 Å². The van der Waals surface area contributed by atoms with Crippen molar-refractivity contribution in [3.63, 3.8) is 0 Å². The molecule has 0 aromatic heterocycles. The Morgan fingerprint density at radius 3 is 2.22 bits per heavy atom. The van der Waals surface area contributed by atoms with E-state index in [1.807, 2.05) is 31.2 Å². The van der Waals surface area contributed by atoms with Gasteiger partial charge in [-0.15, -0.1) is 0 Å². The van der Waals surface area contributed by atoms with Crippen molar-refractivity contribution in [2.24, 2.45) is 0 Å². The number of hydrogen-bond donors (Lipinski definition) is 3. The van der Waals surface area contributed by atoms with E-state index in [0.717, 1.165) is 11.3 Å². The van der Waals surface area contributed by atoms with Gasteiger partial charge in [0.25, 0.3) is 5.91 Å². The van der Waals surface area contributed by atoms with Gasteiger partial charge in [0, 0.05) is 10.7 Å². The summed E-state index contributed by atoms with van der Waals surface area (Å²) in [5.74, 6) is -0.557. The van der Waals surface area contributed by atoms with Crippen LogP contribution in [0.15, 0.2) is 42.5 Å². The Balaban J connectivity index is 2.09. The topological polar surface area (TPSA) is 53.2 Å². The zero-order valence-electron chi connectivity index (χ0n) is 13.8. The third-order valence-corrected chi connectivity index (χ3v) is 4.79. The number of halogens is 5. The zero-order chi connectivity index (χ0) is 20.2. The molecule has 2 rings (SSSR count). The SMILES string of the molecule is Cc1ccc(NC(=S)NC(NC(=O)c2ccc(Cl)cc2Cl)C(Cl)(Cl)Cl)cc1. The van der Waals surface area contributed by atoms with Gasteiger partial charge >= 0.3 is 0 Å². The average Bonchev–Trinajstić information content (AvgIpc) is 2.55. The highest BCUT2D eigenvalue weighted by molar-refractivity contribution is 7.80. The van der Waals surface area contributed by atoms with Gasteiger partial charge in [-0.05, 0) is 49.5 Å². The number of carbonyl (C=O) groups is 1. The molecule has 0 bridgehead atoms. The van der Waals surface area contributed by atoms with Crippen LogP contribution in [0.1, 0.15) is 15.9 Å². The van der Waals surface area contributed by atoms with Crippen molar-refractivity contribution < 1.29 is 4.79 Å². The second kappa shape index (κ2) is 9.50. The lowest BCUT2D eigenvalue weighted by Gasteiger charge is -2.28. The normalized spacial score (nSPS) is 12.2. The van der Waals surface area contributed by atoms with Gasteiger partial charge in [-0.25, -0.2) is 0 Å². The molecule has 0 saturated heterocycles. The van der Waals surface area contributed by atoms with Gasteiger partial charge in [0.2, 0.25) is 3.79 Å². The van der Waals surface area contributed by atoms with Gasteiger partial charge < -0.3 is 16.0 Å². The third kappa shape index (κ3) is 6.86. The molecular formula is C17H14Cl5N3OS. The van der Waals surface area contributed by atoms with E-state index >= 15 is 0 Å². The smallest absolute Gasteiger partial charge is 0.254 e. The minimum absolute atomic E-state index is 0.165. The number of benzene rings is 2. The second-order valence-corrected chi connectivity index (χ2v) is 9.16. The largest absolute Gasteiger partial charge is 0.339 e. The quantitative estimate of drug-likeness (QED) is 0.295. The van der Waals surface area contributed by atoms with Crippen LogP contribution < -0.4 is 16.0 Å². The first kappa shape index (κ1) is 22.3. The molecule has 2 aromatic rings. The molecule has 10 heteroatoms. The maximum absolute atomic E-state index is 12.5. The lowest BCUT2D eigenvalue weighted by molar-refractivity contribution is 0.0934. The number of amides is 1.